The molecule has 10 heteroatoms. The van der Waals surface area contributed by atoms with E-state index < -0.39 is 0 Å². The third-order valence-electron chi connectivity index (χ3n) is 6.81. The van der Waals surface area contributed by atoms with Crippen LogP contribution in [0.25, 0.3) is 32.5 Å². The molecule has 1 N–H and O–H groups in total. The minimum absolute atomic E-state index is 0.0269. The van der Waals surface area contributed by atoms with Gasteiger partial charge in [-0.2, -0.15) is 10.4 Å². The van der Waals surface area contributed by atoms with Crippen molar-refractivity contribution in [2.24, 2.45) is 5.92 Å². The van der Waals surface area contributed by atoms with E-state index in [2.05, 4.69) is 31.0 Å². The second-order valence-corrected chi connectivity index (χ2v) is 9.76. The van der Waals surface area contributed by atoms with Crippen LogP contribution in [0.15, 0.2) is 49.2 Å². The number of ether oxygens (including phenoxy) is 1. The van der Waals surface area contributed by atoms with Gasteiger partial charge in [-0.25, -0.2) is 15.0 Å². The predicted molar refractivity (Wildman–Crippen MR) is 135 cm³/mol. The summed E-state index contributed by atoms with van der Waals surface area (Å²) in [5.41, 5.74) is 3.58. The Kier molecular flexibility index (Phi) is 5.54. The molecule has 1 unspecified atom stereocenters. The summed E-state index contributed by atoms with van der Waals surface area (Å²) in [7, 11) is 1.68. The maximum atomic E-state index is 9.57. The molecule has 0 radical (unpaired) electrons. The molecule has 1 aromatic carbocycles. The summed E-state index contributed by atoms with van der Waals surface area (Å²) in [6.45, 7) is 1.82. The van der Waals surface area contributed by atoms with Crippen LogP contribution in [0, 0.1) is 17.2 Å². The fourth-order valence-electron chi connectivity index (χ4n) is 4.94. The predicted octanol–water partition coefficient (Wildman–Crippen LogP) is 4.81. The Morgan fingerprint density at radius 1 is 1.26 bits per heavy atom. The molecule has 0 saturated carbocycles. The zero-order chi connectivity index (χ0) is 23.8. The number of piperidine rings is 1. The lowest BCUT2D eigenvalue weighted by Gasteiger charge is -2.35. The molecule has 9 nitrogen and oxygen atoms in total. The van der Waals surface area contributed by atoms with Gasteiger partial charge in [-0.05, 0) is 43.0 Å². The molecule has 1 atom stereocenters. The molecule has 5 heterocycles. The Balaban J connectivity index is 1.20. The van der Waals surface area contributed by atoms with Crippen molar-refractivity contribution in [2.75, 3.05) is 25.1 Å². The van der Waals surface area contributed by atoms with Gasteiger partial charge in [0.25, 0.3) is 0 Å². The minimum Gasteiger partial charge on any atom is -0.497 e. The average molecular weight is 485 g/mol. The van der Waals surface area contributed by atoms with Crippen LogP contribution in [0.4, 0.5) is 5.13 Å². The Labute approximate surface area is 206 Å². The van der Waals surface area contributed by atoms with Gasteiger partial charge in [-0.15, -0.1) is 0 Å². The highest BCUT2D eigenvalue weighted by molar-refractivity contribution is 7.22. The summed E-state index contributed by atoms with van der Waals surface area (Å²) in [5, 5.41) is 16.2. The first-order valence-electron chi connectivity index (χ1n) is 11.6. The number of hydrogen-bond acceptors (Lipinski definition) is 8. The largest absolute Gasteiger partial charge is 0.497 e. The number of aromatic nitrogens is 6. The molecule has 0 bridgehead atoms. The maximum absolute atomic E-state index is 9.57. The molecule has 4 aromatic heterocycles. The smallest absolute Gasteiger partial charge is 0.186 e. The Morgan fingerprint density at radius 2 is 2.14 bits per heavy atom. The van der Waals surface area contributed by atoms with Crippen molar-refractivity contribution in [3.8, 4) is 23.1 Å². The van der Waals surface area contributed by atoms with Gasteiger partial charge < -0.3 is 14.6 Å². The maximum Gasteiger partial charge on any atom is 0.186 e. The first-order chi connectivity index (χ1) is 17.2. The lowest BCUT2D eigenvalue weighted by atomic mass is 9.88. The highest BCUT2D eigenvalue weighted by Gasteiger charge is 2.29. The van der Waals surface area contributed by atoms with Crippen molar-refractivity contribution in [1.82, 2.24) is 29.7 Å². The number of H-pyrrole nitrogens is 1. The van der Waals surface area contributed by atoms with Crippen LogP contribution in [-0.2, 0) is 0 Å². The lowest BCUT2D eigenvalue weighted by molar-refractivity contribution is 0.260. The summed E-state index contributed by atoms with van der Waals surface area (Å²) in [6.07, 6.45) is 9.67. The number of nitriles is 1. The van der Waals surface area contributed by atoms with Crippen LogP contribution in [0.3, 0.4) is 0 Å². The number of anilines is 1. The normalized spacial score (nSPS) is 15.5. The topological polar surface area (TPSA) is 109 Å². The first kappa shape index (κ1) is 21.6. The van der Waals surface area contributed by atoms with E-state index >= 15 is 0 Å². The number of nitrogens with one attached hydrogen (secondary N) is 1. The van der Waals surface area contributed by atoms with Gasteiger partial charge in [-0.1, -0.05) is 11.3 Å². The SMILES string of the molecule is COc1ccc2nc(N3CCC(C(CC#N)n4cc(-c5ncnc6[nH]ccc56)cn4)CC3)sc2c1. The molecular formula is C25H24N8OS. The lowest BCUT2D eigenvalue weighted by Crippen LogP contribution is -2.36. The van der Waals surface area contributed by atoms with Gasteiger partial charge in [-0.3, -0.25) is 4.68 Å². The molecule has 1 aliphatic heterocycles. The fraction of sp³-hybridized carbons (Fsp3) is 0.320. The number of nitrogens with zero attached hydrogens (tertiary/aromatic N) is 7. The monoisotopic (exact) mass is 484 g/mol. The van der Waals surface area contributed by atoms with E-state index in [-0.39, 0.29) is 6.04 Å². The van der Waals surface area contributed by atoms with Crippen molar-refractivity contribution in [3.05, 3.63) is 49.2 Å². The second kappa shape index (κ2) is 9.00. The van der Waals surface area contributed by atoms with E-state index in [1.807, 2.05) is 47.5 Å². The van der Waals surface area contributed by atoms with E-state index in [0.29, 0.717) is 12.3 Å². The van der Waals surface area contributed by atoms with Gasteiger partial charge in [0.2, 0.25) is 0 Å². The van der Waals surface area contributed by atoms with Gasteiger partial charge >= 0.3 is 0 Å². The molecular weight excluding hydrogens is 460 g/mol. The van der Waals surface area contributed by atoms with Crippen molar-refractivity contribution < 1.29 is 4.74 Å². The van der Waals surface area contributed by atoms with Crippen molar-refractivity contribution in [2.45, 2.75) is 25.3 Å². The van der Waals surface area contributed by atoms with Crippen molar-refractivity contribution in [1.29, 1.82) is 5.26 Å². The number of rotatable bonds is 6. The van der Waals surface area contributed by atoms with Gasteiger partial charge in [0.15, 0.2) is 5.13 Å². The van der Waals surface area contributed by atoms with Crippen LogP contribution in [0.1, 0.15) is 25.3 Å². The van der Waals surface area contributed by atoms with Gasteiger partial charge in [0, 0.05) is 36.4 Å². The van der Waals surface area contributed by atoms with Gasteiger partial charge in [0.05, 0.1) is 47.7 Å². The molecule has 1 aliphatic rings. The van der Waals surface area contributed by atoms with Crippen molar-refractivity contribution in [3.63, 3.8) is 0 Å². The molecule has 0 amide bonds. The Hall–Kier alpha value is -3.97. The Morgan fingerprint density at radius 3 is 2.97 bits per heavy atom. The highest BCUT2D eigenvalue weighted by atomic mass is 32.1. The number of methoxy groups -OCH3 is 1. The number of benzene rings is 1. The number of aromatic amines is 1. The van der Waals surface area contributed by atoms with E-state index in [1.165, 1.54) is 0 Å². The average Bonchev–Trinajstić information content (AvgIpc) is 3.66. The van der Waals surface area contributed by atoms with Crippen LogP contribution in [-0.4, -0.2) is 49.9 Å². The molecule has 0 spiro atoms. The minimum atomic E-state index is 0.0269. The fourth-order valence-corrected chi connectivity index (χ4v) is 5.99. The van der Waals surface area contributed by atoms with Crippen LogP contribution >= 0.6 is 11.3 Å². The summed E-state index contributed by atoms with van der Waals surface area (Å²) >= 11 is 1.70. The molecule has 1 fully saturated rings. The quantitative estimate of drug-likeness (QED) is 0.368. The highest BCUT2D eigenvalue weighted by Crippen LogP contribution is 2.37. The molecule has 5 aromatic rings. The molecule has 6 rings (SSSR count). The Bertz CT molecular complexity index is 1520. The van der Waals surface area contributed by atoms with Crippen molar-refractivity contribution >= 4 is 37.7 Å². The van der Waals surface area contributed by atoms with Crippen LogP contribution in [0.5, 0.6) is 5.75 Å². The van der Waals surface area contributed by atoms with E-state index in [1.54, 1.807) is 24.8 Å². The zero-order valence-corrected chi connectivity index (χ0v) is 20.1. The first-order valence-corrected chi connectivity index (χ1v) is 12.4. The molecule has 0 aliphatic carbocycles. The third-order valence-corrected chi connectivity index (χ3v) is 7.89. The summed E-state index contributed by atoms with van der Waals surface area (Å²) in [4.78, 5) is 19.1. The van der Waals surface area contributed by atoms with E-state index in [4.69, 9.17) is 9.72 Å². The third kappa shape index (κ3) is 3.98. The zero-order valence-electron chi connectivity index (χ0n) is 19.3. The number of thiazole rings is 1. The summed E-state index contributed by atoms with van der Waals surface area (Å²) in [5.74, 6) is 1.22. The second-order valence-electron chi connectivity index (χ2n) is 8.76. The number of fused-ring (bicyclic) bond motifs is 2. The van der Waals surface area contributed by atoms with Gasteiger partial charge in [0.1, 0.15) is 17.7 Å². The molecule has 1 saturated heterocycles. The molecule has 35 heavy (non-hydrogen) atoms. The standard InChI is InChI=1S/C25H24N8OS/c1-34-18-2-3-20-22(12-18)35-25(31-20)32-10-6-16(7-11-32)21(4-8-26)33-14-17(13-30-33)23-19-5-9-27-24(19)29-15-28-23/h2-3,5,9,12-16,21H,4,6-7,10-11H2,1H3,(H,27,28,29). The number of hydrogen-bond donors (Lipinski definition) is 1. The molecule has 176 valence electrons. The van der Waals surface area contributed by atoms with Crippen LogP contribution in [0.2, 0.25) is 0 Å². The summed E-state index contributed by atoms with van der Waals surface area (Å²) < 4.78 is 8.45. The summed E-state index contributed by atoms with van der Waals surface area (Å²) in [6, 6.07) is 10.4. The van der Waals surface area contributed by atoms with E-state index in [9.17, 15) is 5.26 Å². The van der Waals surface area contributed by atoms with E-state index in [0.717, 1.165) is 69.3 Å². The van der Waals surface area contributed by atoms with Crippen LogP contribution < -0.4 is 9.64 Å².